The van der Waals surface area contributed by atoms with Crippen LogP contribution < -0.4 is 5.53 Å². The minimum Gasteiger partial charge on any atom is -0.276 e. The maximum atomic E-state index is 4.00. The minimum atomic E-state index is 0.660. The molecule has 66 valence electrons. The van der Waals surface area contributed by atoms with Crippen molar-refractivity contribution in [2.45, 2.75) is 38.1 Å². The molecule has 0 atom stereocenters. The van der Waals surface area contributed by atoms with Crippen LogP contribution in [0.15, 0.2) is 17.4 Å². The van der Waals surface area contributed by atoms with Gasteiger partial charge in [0.25, 0.3) is 0 Å². The number of rotatable bonds is 1. The summed E-state index contributed by atoms with van der Waals surface area (Å²) in [7, 11) is 0. The molecule has 1 aliphatic heterocycles. The van der Waals surface area contributed by atoms with Crippen LogP contribution in [-0.2, 0) is 0 Å². The van der Waals surface area contributed by atoms with E-state index in [0.717, 1.165) is 0 Å². The minimum absolute atomic E-state index is 0.660. The Morgan fingerprint density at radius 2 is 2.08 bits per heavy atom. The molecule has 0 aromatic carbocycles. The Morgan fingerprint density at radius 1 is 1.25 bits per heavy atom. The predicted molar refractivity (Wildman–Crippen MR) is 49.5 cm³/mol. The monoisotopic (exact) mass is 165 g/mol. The Balaban J connectivity index is 1.90. The van der Waals surface area contributed by atoms with Crippen molar-refractivity contribution in [2.75, 3.05) is 0 Å². The van der Waals surface area contributed by atoms with Crippen LogP contribution >= 0.6 is 0 Å². The van der Waals surface area contributed by atoms with Crippen LogP contribution in [0.3, 0.4) is 0 Å². The van der Waals surface area contributed by atoms with E-state index in [1.54, 1.807) is 6.21 Å². The molecule has 0 aromatic heterocycles. The molecule has 0 radical (unpaired) electrons. The highest BCUT2D eigenvalue weighted by molar-refractivity contribution is 5.71. The van der Waals surface area contributed by atoms with Crippen molar-refractivity contribution >= 4 is 6.21 Å². The van der Waals surface area contributed by atoms with Crippen LogP contribution in [0, 0.1) is 0 Å². The fraction of sp³-hybridized carbons (Fsp3) is 0.667. The number of nitrogens with one attached hydrogen (secondary N) is 1. The summed E-state index contributed by atoms with van der Waals surface area (Å²) >= 11 is 0. The Kier molecular flexibility index (Phi) is 2.30. The summed E-state index contributed by atoms with van der Waals surface area (Å²) in [4.78, 5) is 0. The van der Waals surface area contributed by atoms with Crippen LogP contribution in [0.2, 0.25) is 0 Å². The zero-order valence-electron chi connectivity index (χ0n) is 7.24. The van der Waals surface area contributed by atoms with Crippen molar-refractivity contribution in [3.8, 4) is 0 Å². The number of hydrazine groups is 1. The van der Waals surface area contributed by atoms with Crippen molar-refractivity contribution < 1.29 is 0 Å². The Morgan fingerprint density at radius 3 is 2.75 bits per heavy atom. The summed E-state index contributed by atoms with van der Waals surface area (Å²) in [6.07, 6.45) is 12.5. The zero-order valence-corrected chi connectivity index (χ0v) is 7.24. The first-order valence-electron chi connectivity index (χ1n) is 4.70. The average Bonchev–Trinajstić information content (AvgIpc) is 2.21. The SMILES string of the molecule is C1=CN(C2CCCCC2)NN=C1. The largest absolute Gasteiger partial charge is 0.276 e. The van der Waals surface area contributed by atoms with Gasteiger partial charge in [-0.1, -0.05) is 19.3 Å². The smallest absolute Gasteiger partial charge is 0.0513 e. The lowest BCUT2D eigenvalue weighted by molar-refractivity contribution is 0.156. The van der Waals surface area contributed by atoms with E-state index >= 15 is 0 Å². The molecule has 1 aliphatic carbocycles. The van der Waals surface area contributed by atoms with E-state index in [0.29, 0.717) is 6.04 Å². The lowest BCUT2D eigenvalue weighted by atomic mass is 9.95. The molecule has 1 heterocycles. The molecule has 2 aliphatic rings. The molecule has 0 saturated heterocycles. The summed E-state index contributed by atoms with van der Waals surface area (Å²) in [5.74, 6) is 0. The maximum absolute atomic E-state index is 4.00. The third-order valence-electron chi connectivity index (χ3n) is 2.55. The van der Waals surface area contributed by atoms with Crippen molar-refractivity contribution in [3.05, 3.63) is 12.3 Å². The molecule has 1 fully saturated rings. The molecule has 0 spiro atoms. The van der Waals surface area contributed by atoms with Gasteiger partial charge in [0, 0.05) is 6.20 Å². The van der Waals surface area contributed by atoms with Crippen LogP contribution in [0.25, 0.3) is 0 Å². The topological polar surface area (TPSA) is 27.6 Å². The van der Waals surface area contributed by atoms with Crippen LogP contribution in [-0.4, -0.2) is 17.3 Å². The second-order valence-electron chi connectivity index (χ2n) is 3.42. The zero-order chi connectivity index (χ0) is 8.23. The number of hydrogen-bond donors (Lipinski definition) is 1. The lowest BCUT2D eigenvalue weighted by Gasteiger charge is -2.33. The standard InChI is InChI=1S/C9H15N3/c1-2-5-9(6-3-1)12-8-4-7-10-11-12/h4,7-9,11H,1-3,5-6H2. The molecule has 3 heteroatoms. The van der Waals surface area contributed by atoms with Gasteiger partial charge in [-0.2, -0.15) is 5.10 Å². The molecular weight excluding hydrogens is 150 g/mol. The maximum Gasteiger partial charge on any atom is 0.0513 e. The fourth-order valence-electron chi connectivity index (χ4n) is 1.87. The molecule has 0 bridgehead atoms. The van der Waals surface area contributed by atoms with Gasteiger partial charge in [-0.3, -0.25) is 5.01 Å². The van der Waals surface area contributed by atoms with Gasteiger partial charge in [0.05, 0.1) is 12.3 Å². The molecule has 0 unspecified atom stereocenters. The van der Waals surface area contributed by atoms with Crippen LogP contribution in [0.4, 0.5) is 0 Å². The highest BCUT2D eigenvalue weighted by atomic mass is 15.7. The Bertz CT molecular complexity index is 192. The van der Waals surface area contributed by atoms with Crippen molar-refractivity contribution in [1.82, 2.24) is 10.5 Å². The normalized spacial score (nSPS) is 24.2. The molecule has 1 N–H and O–H groups in total. The highest BCUT2D eigenvalue weighted by Crippen LogP contribution is 2.21. The summed E-state index contributed by atoms with van der Waals surface area (Å²) in [5.41, 5.74) is 3.00. The predicted octanol–water partition coefficient (Wildman–Crippen LogP) is 1.64. The quantitative estimate of drug-likeness (QED) is 0.639. The van der Waals surface area contributed by atoms with E-state index in [9.17, 15) is 0 Å². The summed E-state index contributed by atoms with van der Waals surface area (Å²) in [6.45, 7) is 0. The van der Waals surface area contributed by atoms with Gasteiger partial charge in [-0.25, -0.2) is 5.53 Å². The van der Waals surface area contributed by atoms with Crippen molar-refractivity contribution in [2.24, 2.45) is 5.10 Å². The van der Waals surface area contributed by atoms with Gasteiger partial charge >= 0.3 is 0 Å². The number of hydrogen-bond acceptors (Lipinski definition) is 3. The van der Waals surface area contributed by atoms with Gasteiger partial charge in [0.2, 0.25) is 0 Å². The summed E-state index contributed by atoms with van der Waals surface area (Å²) in [5, 5.41) is 6.12. The summed E-state index contributed by atoms with van der Waals surface area (Å²) < 4.78 is 0. The van der Waals surface area contributed by atoms with E-state index in [2.05, 4.69) is 21.8 Å². The van der Waals surface area contributed by atoms with E-state index in [1.165, 1.54) is 32.1 Å². The van der Waals surface area contributed by atoms with E-state index in [-0.39, 0.29) is 0 Å². The molecule has 2 rings (SSSR count). The van der Waals surface area contributed by atoms with E-state index in [4.69, 9.17) is 0 Å². The Hall–Kier alpha value is -0.990. The summed E-state index contributed by atoms with van der Waals surface area (Å²) in [6, 6.07) is 0.660. The number of nitrogens with zero attached hydrogens (tertiary/aromatic N) is 2. The molecule has 0 amide bonds. The second kappa shape index (κ2) is 3.61. The first-order chi connectivity index (χ1) is 5.97. The van der Waals surface area contributed by atoms with E-state index < -0.39 is 0 Å². The molecule has 12 heavy (non-hydrogen) atoms. The molecule has 1 saturated carbocycles. The van der Waals surface area contributed by atoms with E-state index in [1.807, 2.05) is 6.08 Å². The van der Waals surface area contributed by atoms with Gasteiger partial charge in [0.1, 0.15) is 0 Å². The highest BCUT2D eigenvalue weighted by Gasteiger charge is 2.18. The first kappa shape index (κ1) is 7.65. The fourth-order valence-corrected chi connectivity index (χ4v) is 1.87. The molecular formula is C9H15N3. The number of allylic oxidation sites excluding steroid dienone is 1. The van der Waals surface area contributed by atoms with Gasteiger partial charge in [-0.05, 0) is 18.9 Å². The lowest BCUT2D eigenvalue weighted by Crippen LogP contribution is -2.41. The van der Waals surface area contributed by atoms with Crippen LogP contribution in [0.1, 0.15) is 32.1 Å². The first-order valence-corrected chi connectivity index (χ1v) is 4.70. The van der Waals surface area contributed by atoms with Gasteiger partial charge in [0.15, 0.2) is 0 Å². The molecule has 0 aromatic rings. The average molecular weight is 165 g/mol. The number of hydrazone groups is 1. The third kappa shape index (κ3) is 1.60. The van der Waals surface area contributed by atoms with Crippen molar-refractivity contribution in [1.29, 1.82) is 0 Å². The Labute approximate surface area is 73.1 Å². The third-order valence-corrected chi connectivity index (χ3v) is 2.55. The van der Waals surface area contributed by atoms with Crippen molar-refractivity contribution in [3.63, 3.8) is 0 Å². The molecule has 3 nitrogen and oxygen atoms in total. The second-order valence-corrected chi connectivity index (χ2v) is 3.42. The van der Waals surface area contributed by atoms with Gasteiger partial charge in [-0.15, -0.1) is 0 Å². The van der Waals surface area contributed by atoms with Gasteiger partial charge < -0.3 is 0 Å². The van der Waals surface area contributed by atoms with Crippen LogP contribution in [0.5, 0.6) is 0 Å².